The molecule has 6 nitrogen and oxygen atoms in total. The normalized spacial score (nSPS) is 10.5. The van der Waals surface area contributed by atoms with E-state index in [9.17, 15) is 19.2 Å². The number of nitrogens with two attached hydrogens (primary N) is 1. The first kappa shape index (κ1) is 18.8. The topological polar surface area (TPSA) is 104 Å². The highest BCUT2D eigenvalue weighted by Gasteiger charge is 2.09. The maximum absolute atomic E-state index is 12.2. The van der Waals surface area contributed by atoms with Gasteiger partial charge >= 0.3 is 5.97 Å². The summed E-state index contributed by atoms with van der Waals surface area (Å²) in [7, 11) is 1.29. The molecule has 0 unspecified atom stereocenters. The number of Topliss-reactive ketones (excluding diaryl/α,β-unsaturated/α-hetero) is 1. The van der Waals surface area contributed by atoms with Crippen molar-refractivity contribution in [3.63, 3.8) is 0 Å². The number of hydrogen-bond donors (Lipinski definition) is 1. The molecule has 0 saturated heterocycles. The van der Waals surface area contributed by atoms with Crippen molar-refractivity contribution in [3.05, 3.63) is 76.9 Å². The lowest BCUT2D eigenvalue weighted by Gasteiger charge is -2.01. The van der Waals surface area contributed by atoms with Gasteiger partial charge in [0.25, 0.3) is 5.91 Å². The molecule has 0 radical (unpaired) electrons. The number of amides is 1. The highest BCUT2D eigenvalue weighted by molar-refractivity contribution is 6.36. The fraction of sp³-hybridized carbons (Fsp3) is 0.100. The Bertz CT molecular complexity index is 864. The van der Waals surface area contributed by atoms with Gasteiger partial charge in [0, 0.05) is 12.0 Å². The van der Waals surface area contributed by atoms with Gasteiger partial charge in [-0.15, -0.1) is 0 Å². The van der Waals surface area contributed by atoms with Crippen LogP contribution in [0.25, 0.3) is 6.08 Å². The molecule has 0 saturated carbocycles. The van der Waals surface area contributed by atoms with Crippen LogP contribution >= 0.6 is 0 Å². The van der Waals surface area contributed by atoms with Gasteiger partial charge in [0.1, 0.15) is 0 Å². The van der Waals surface area contributed by atoms with E-state index in [0.29, 0.717) is 16.7 Å². The molecule has 26 heavy (non-hydrogen) atoms. The molecular weight excluding hydrogens is 334 g/mol. The molecule has 0 aromatic heterocycles. The Kier molecular flexibility index (Phi) is 6.16. The number of carbonyl (C=O) groups is 4. The molecule has 6 heteroatoms. The van der Waals surface area contributed by atoms with Crippen molar-refractivity contribution in [2.45, 2.75) is 6.42 Å². The largest absolute Gasteiger partial charge is 0.465 e. The van der Waals surface area contributed by atoms with Crippen LogP contribution in [0.15, 0.2) is 54.6 Å². The summed E-state index contributed by atoms with van der Waals surface area (Å²) >= 11 is 0. The molecule has 0 atom stereocenters. The summed E-state index contributed by atoms with van der Waals surface area (Å²) in [6.45, 7) is 0. The minimum Gasteiger partial charge on any atom is -0.465 e. The standard InChI is InChI=1S/C20H17NO5/c1-26-20(25)16-9-7-15(8-10-16)17(22)11-6-13-2-4-14(5-3-13)12-18(23)19(21)24/h2-11H,12H2,1H3,(H2,21,24). The maximum Gasteiger partial charge on any atom is 0.337 e. The van der Waals surface area contributed by atoms with Crippen LogP contribution < -0.4 is 5.73 Å². The Hall–Kier alpha value is -3.54. The monoisotopic (exact) mass is 351 g/mol. The van der Waals surface area contributed by atoms with Crippen LogP contribution in [0.2, 0.25) is 0 Å². The Balaban J connectivity index is 2.02. The van der Waals surface area contributed by atoms with Gasteiger partial charge in [-0.25, -0.2) is 4.79 Å². The number of hydrogen-bond acceptors (Lipinski definition) is 5. The van der Waals surface area contributed by atoms with Gasteiger partial charge in [0.2, 0.25) is 5.78 Å². The van der Waals surface area contributed by atoms with Gasteiger partial charge in [-0.2, -0.15) is 0 Å². The molecule has 1 amide bonds. The third-order valence-electron chi connectivity index (χ3n) is 3.64. The maximum atomic E-state index is 12.2. The lowest BCUT2D eigenvalue weighted by atomic mass is 10.0. The van der Waals surface area contributed by atoms with E-state index in [1.807, 2.05) is 0 Å². The minimum atomic E-state index is -0.960. The van der Waals surface area contributed by atoms with Crippen molar-refractivity contribution in [1.82, 2.24) is 0 Å². The SMILES string of the molecule is COC(=O)c1ccc(C(=O)C=Cc2ccc(CC(=O)C(N)=O)cc2)cc1. The molecule has 2 rings (SSSR count). The van der Waals surface area contributed by atoms with Crippen molar-refractivity contribution < 1.29 is 23.9 Å². The fourth-order valence-corrected chi connectivity index (χ4v) is 2.18. The molecule has 0 aliphatic heterocycles. The zero-order chi connectivity index (χ0) is 19.1. The number of carbonyl (C=O) groups excluding carboxylic acids is 4. The Morgan fingerprint density at radius 2 is 1.50 bits per heavy atom. The fourth-order valence-electron chi connectivity index (χ4n) is 2.18. The first-order valence-electron chi connectivity index (χ1n) is 7.73. The summed E-state index contributed by atoms with van der Waals surface area (Å²) < 4.78 is 4.60. The van der Waals surface area contributed by atoms with Gasteiger partial charge < -0.3 is 10.5 Å². The lowest BCUT2D eigenvalue weighted by Crippen LogP contribution is -2.24. The number of allylic oxidation sites excluding steroid dienone is 1. The number of esters is 1. The highest BCUT2D eigenvalue weighted by atomic mass is 16.5. The number of ketones is 2. The van der Waals surface area contributed by atoms with Gasteiger partial charge in [-0.05, 0) is 29.3 Å². The molecule has 2 aromatic rings. The summed E-state index contributed by atoms with van der Waals surface area (Å²) in [6, 6.07) is 13.0. The first-order valence-corrected chi connectivity index (χ1v) is 7.73. The van der Waals surface area contributed by atoms with Crippen LogP contribution in [0.4, 0.5) is 0 Å². The van der Waals surface area contributed by atoms with Crippen molar-refractivity contribution >= 4 is 29.5 Å². The molecule has 0 aliphatic carbocycles. The minimum absolute atomic E-state index is 0.0508. The van der Waals surface area contributed by atoms with E-state index in [2.05, 4.69) is 4.74 Å². The summed E-state index contributed by atoms with van der Waals surface area (Å²) in [6.07, 6.45) is 3.00. The molecule has 0 aliphatic rings. The average Bonchev–Trinajstić information content (AvgIpc) is 2.66. The van der Waals surface area contributed by atoms with E-state index >= 15 is 0 Å². The Morgan fingerprint density at radius 3 is 2.04 bits per heavy atom. The lowest BCUT2D eigenvalue weighted by molar-refractivity contribution is -0.135. The molecule has 0 heterocycles. The van der Waals surface area contributed by atoms with Gasteiger partial charge in [-0.3, -0.25) is 14.4 Å². The molecule has 0 fully saturated rings. The van der Waals surface area contributed by atoms with E-state index in [1.165, 1.54) is 25.3 Å². The van der Waals surface area contributed by atoms with Crippen LogP contribution in [-0.4, -0.2) is 30.6 Å². The highest BCUT2D eigenvalue weighted by Crippen LogP contribution is 2.10. The number of primary amides is 1. The second-order valence-corrected chi connectivity index (χ2v) is 5.47. The van der Waals surface area contributed by atoms with Crippen molar-refractivity contribution in [2.24, 2.45) is 5.73 Å². The average molecular weight is 351 g/mol. The van der Waals surface area contributed by atoms with Crippen LogP contribution in [0.3, 0.4) is 0 Å². The number of ether oxygens (including phenoxy) is 1. The van der Waals surface area contributed by atoms with E-state index in [1.54, 1.807) is 42.5 Å². The van der Waals surface area contributed by atoms with Crippen LogP contribution in [0, 0.1) is 0 Å². The summed E-state index contributed by atoms with van der Waals surface area (Å²) in [5.41, 5.74) is 7.16. The molecule has 2 aromatic carbocycles. The van der Waals surface area contributed by atoms with Crippen molar-refractivity contribution in [2.75, 3.05) is 7.11 Å². The van der Waals surface area contributed by atoms with Crippen LogP contribution in [-0.2, 0) is 20.7 Å². The molecule has 0 bridgehead atoms. The van der Waals surface area contributed by atoms with E-state index in [-0.39, 0.29) is 12.2 Å². The Labute approximate surface area is 150 Å². The smallest absolute Gasteiger partial charge is 0.337 e. The van der Waals surface area contributed by atoms with Gasteiger partial charge in [0.05, 0.1) is 12.7 Å². The second-order valence-electron chi connectivity index (χ2n) is 5.47. The number of benzene rings is 2. The van der Waals surface area contributed by atoms with E-state index < -0.39 is 17.7 Å². The number of methoxy groups -OCH3 is 1. The zero-order valence-electron chi connectivity index (χ0n) is 14.1. The van der Waals surface area contributed by atoms with Gasteiger partial charge in [0.15, 0.2) is 5.78 Å². The predicted octanol–water partition coefficient (Wildman–Crippen LogP) is 1.97. The van der Waals surface area contributed by atoms with Gasteiger partial charge in [-0.1, -0.05) is 42.5 Å². The first-order chi connectivity index (χ1) is 12.4. The number of rotatable bonds is 7. The van der Waals surface area contributed by atoms with Crippen LogP contribution in [0.1, 0.15) is 31.8 Å². The van der Waals surface area contributed by atoms with Crippen molar-refractivity contribution in [3.8, 4) is 0 Å². The zero-order valence-corrected chi connectivity index (χ0v) is 14.1. The second kappa shape index (κ2) is 8.53. The molecule has 0 spiro atoms. The van der Waals surface area contributed by atoms with Crippen molar-refractivity contribution in [1.29, 1.82) is 0 Å². The molecule has 132 valence electrons. The quantitative estimate of drug-likeness (QED) is 0.355. The predicted molar refractivity (Wildman–Crippen MR) is 95.5 cm³/mol. The summed E-state index contributed by atoms with van der Waals surface area (Å²) in [5, 5.41) is 0. The van der Waals surface area contributed by atoms with E-state index in [0.717, 1.165) is 5.56 Å². The third-order valence-corrected chi connectivity index (χ3v) is 3.64. The Morgan fingerprint density at radius 1 is 0.923 bits per heavy atom. The summed E-state index contributed by atoms with van der Waals surface area (Å²) in [4.78, 5) is 45.6. The molecule has 2 N–H and O–H groups in total. The summed E-state index contributed by atoms with van der Waals surface area (Å²) in [5.74, 6) is -2.29. The van der Waals surface area contributed by atoms with Crippen LogP contribution in [0.5, 0.6) is 0 Å². The third kappa shape index (κ3) is 4.98. The molecular formula is C20H17NO5. The van der Waals surface area contributed by atoms with E-state index in [4.69, 9.17) is 5.73 Å².